The third-order valence-corrected chi connectivity index (χ3v) is 4.13. The van der Waals surface area contributed by atoms with Gasteiger partial charge in [-0.2, -0.15) is 0 Å². The molecule has 1 amide bonds. The number of aliphatic carboxylic acids is 1. The highest BCUT2D eigenvalue weighted by molar-refractivity contribution is 5.96. The molecule has 24 heavy (non-hydrogen) atoms. The van der Waals surface area contributed by atoms with Gasteiger partial charge in [0.15, 0.2) is 5.82 Å². The Morgan fingerprint density at radius 2 is 2.00 bits per heavy atom. The van der Waals surface area contributed by atoms with Gasteiger partial charge in [0.1, 0.15) is 0 Å². The van der Waals surface area contributed by atoms with Crippen LogP contribution < -0.4 is 0 Å². The van der Waals surface area contributed by atoms with Crippen LogP contribution in [0.3, 0.4) is 0 Å². The van der Waals surface area contributed by atoms with E-state index in [1.807, 2.05) is 30.3 Å². The van der Waals surface area contributed by atoms with Gasteiger partial charge in [0.25, 0.3) is 5.91 Å². The minimum atomic E-state index is -2.38. The number of aromatic nitrogens is 2. The highest BCUT2D eigenvalue weighted by atomic mass is 19.1. The summed E-state index contributed by atoms with van der Waals surface area (Å²) in [6.07, 6.45) is 1.20. The van der Waals surface area contributed by atoms with E-state index in [0.29, 0.717) is 11.5 Å². The number of carboxylic acid groups (broad SMARTS) is 1. The van der Waals surface area contributed by atoms with Gasteiger partial charge in [-0.05, 0) is 6.92 Å². The summed E-state index contributed by atoms with van der Waals surface area (Å²) < 4.78 is 14.1. The van der Waals surface area contributed by atoms with Gasteiger partial charge in [-0.25, -0.2) is 19.2 Å². The van der Waals surface area contributed by atoms with Crippen molar-refractivity contribution >= 4 is 11.9 Å². The minimum Gasteiger partial charge on any atom is -0.479 e. The maximum absolute atomic E-state index is 14.1. The molecule has 124 valence electrons. The second kappa shape index (κ2) is 5.99. The average Bonchev–Trinajstić information content (AvgIpc) is 2.99. The first-order chi connectivity index (χ1) is 11.4. The number of hydrogen-bond donors (Lipinski definition) is 1. The molecular weight excluding hydrogens is 313 g/mol. The quantitative estimate of drug-likeness (QED) is 0.932. The smallest absolute Gasteiger partial charge is 0.343 e. The maximum atomic E-state index is 14.1. The summed E-state index contributed by atoms with van der Waals surface area (Å²) in [5, 5.41) is 8.92. The summed E-state index contributed by atoms with van der Waals surface area (Å²) in [5.41, 5.74) is -0.826. The van der Waals surface area contributed by atoms with E-state index in [1.165, 1.54) is 11.1 Å². The molecule has 1 unspecified atom stereocenters. The van der Waals surface area contributed by atoms with Crippen molar-refractivity contribution in [3.05, 3.63) is 47.8 Å². The van der Waals surface area contributed by atoms with Gasteiger partial charge in [0.05, 0.1) is 17.8 Å². The second-order valence-electron chi connectivity index (χ2n) is 5.81. The van der Waals surface area contributed by atoms with Crippen LogP contribution in [0.5, 0.6) is 0 Å². The first kappa shape index (κ1) is 16.0. The molecule has 1 aliphatic rings. The van der Waals surface area contributed by atoms with Crippen molar-refractivity contribution in [2.24, 2.45) is 0 Å². The SMILES string of the molecule is Cc1nc(-c2ccccc2)ncc1C(=O)N1CCC(F)(C(=O)O)C1. The molecule has 6 nitrogen and oxygen atoms in total. The second-order valence-corrected chi connectivity index (χ2v) is 5.81. The fourth-order valence-corrected chi connectivity index (χ4v) is 2.69. The summed E-state index contributed by atoms with van der Waals surface area (Å²) in [5.74, 6) is -1.49. The van der Waals surface area contributed by atoms with Crippen molar-refractivity contribution in [1.29, 1.82) is 0 Å². The lowest BCUT2D eigenvalue weighted by molar-refractivity contribution is -0.149. The highest BCUT2D eigenvalue weighted by Gasteiger charge is 2.47. The van der Waals surface area contributed by atoms with Gasteiger partial charge in [-0.1, -0.05) is 30.3 Å². The van der Waals surface area contributed by atoms with Crippen LogP contribution in [-0.2, 0) is 4.79 Å². The number of nitrogens with zero attached hydrogens (tertiary/aromatic N) is 3. The van der Waals surface area contributed by atoms with E-state index in [1.54, 1.807) is 6.92 Å². The zero-order valence-electron chi connectivity index (χ0n) is 13.1. The van der Waals surface area contributed by atoms with Crippen LogP contribution in [-0.4, -0.2) is 50.6 Å². The third-order valence-electron chi connectivity index (χ3n) is 4.13. The van der Waals surface area contributed by atoms with Crippen molar-refractivity contribution in [3.63, 3.8) is 0 Å². The van der Waals surface area contributed by atoms with Crippen LogP contribution in [0.15, 0.2) is 36.5 Å². The number of carbonyl (C=O) groups is 2. The van der Waals surface area contributed by atoms with Crippen molar-refractivity contribution in [2.75, 3.05) is 13.1 Å². The molecule has 1 fully saturated rings. The monoisotopic (exact) mass is 329 g/mol. The predicted octanol–water partition coefficient (Wildman–Crippen LogP) is 2.09. The number of benzene rings is 1. The number of hydrogen-bond acceptors (Lipinski definition) is 4. The lowest BCUT2D eigenvalue weighted by Crippen LogP contribution is -2.39. The number of amides is 1. The van der Waals surface area contributed by atoms with Crippen molar-refractivity contribution in [3.8, 4) is 11.4 Å². The molecule has 1 N–H and O–H groups in total. The largest absolute Gasteiger partial charge is 0.479 e. The van der Waals surface area contributed by atoms with Crippen LogP contribution in [0.2, 0.25) is 0 Å². The molecule has 0 bridgehead atoms. The lowest BCUT2D eigenvalue weighted by Gasteiger charge is -2.18. The van der Waals surface area contributed by atoms with E-state index in [0.717, 1.165) is 5.56 Å². The Kier molecular flexibility index (Phi) is 4.01. The van der Waals surface area contributed by atoms with Crippen molar-refractivity contribution in [1.82, 2.24) is 14.9 Å². The number of halogens is 1. The lowest BCUT2D eigenvalue weighted by atomic mass is 10.1. The molecule has 1 aliphatic heterocycles. The Morgan fingerprint density at radius 3 is 2.58 bits per heavy atom. The number of carbonyl (C=O) groups excluding carboxylic acids is 1. The minimum absolute atomic E-state index is 0.0571. The van der Waals surface area contributed by atoms with Gasteiger partial charge in [-0.3, -0.25) is 4.79 Å². The van der Waals surface area contributed by atoms with Crippen molar-refractivity contribution in [2.45, 2.75) is 19.0 Å². The number of rotatable bonds is 3. The van der Waals surface area contributed by atoms with Gasteiger partial charge in [-0.15, -0.1) is 0 Å². The molecule has 2 heterocycles. The van der Waals surface area contributed by atoms with Crippen LogP contribution >= 0.6 is 0 Å². The first-order valence-corrected chi connectivity index (χ1v) is 7.51. The highest BCUT2D eigenvalue weighted by Crippen LogP contribution is 2.27. The summed E-state index contributed by atoms with van der Waals surface area (Å²) in [6, 6.07) is 9.34. The first-order valence-electron chi connectivity index (χ1n) is 7.51. The molecule has 2 aromatic rings. The zero-order chi connectivity index (χ0) is 17.3. The van der Waals surface area contributed by atoms with Crippen LogP contribution in [0.1, 0.15) is 22.5 Å². The van der Waals surface area contributed by atoms with E-state index < -0.39 is 24.1 Å². The van der Waals surface area contributed by atoms with Gasteiger partial charge in [0, 0.05) is 24.7 Å². The Balaban J connectivity index is 1.83. The van der Waals surface area contributed by atoms with Gasteiger partial charge < -0.3 is 10.0 Å². The molecule has 0 spiro atoms. The van der Waals surface area contributed by atoms with Crippen LogP contribution in [0.4, 0.5) is 4.39 Å². The van der Waals surface area contributed by atoms with Crippen LogP contribution in [0, 0.1) is 6.92 Å². The molecule has 0 saturated carbocycles. The van der Waals surface area contributed by atoms with Gasteiger partial charge in [0.2, 0.25) is 5.67 Å². The van der Waals surface area contributed by atoms with Crippen molar-refractivity contribution < 1.29 is 19.1 Å². The maximum Gasteiger partial charge on any atom is 0.343 e. The molecule has 1 saturated heterocycles. The Hall–Kier alpha value is -2.83. The topological polar surface area (TPSA) is 83.4 Å². The van der Waals surface area contributed by atoms with E-state index in [2.05, 4.69) is 9.97 Å². The number of likely N-dealkylation sites (tertiary alicyclic amines) is 1. The molecule has 0 radical (unpaired) electrons. The Bertz CT molecular complexity index is 797. The zero-order valence-corrected chi connectivity index (χ0v) is 13.1. The summed E-state index contributed by atoms with van der Waals surface area (Å²) in [7, 11) is 0. The standard InChI is InChI=1S/C17H16FN3O3/c1-11-13(9-19-14(20-11)12-5-3-2-4-6-12)15(22)21-8-7-17(18,10-21)16(23)24/h2-6,9H,7-8,10H2,1H3,(H,23,24). The summed E-state index contributed by atoms with van der Waals surface area (Å²) in [4.78, 5) is 33.2. The third kappa shape index (κ3) is 2.84. The fraction of sp³-hybridized carbons (Fsp3) is 0.294. The molecule has 0 aliphatic carbocycles. The number of carboxylic acids is 1. The predicted molar refractivity (Wildman–Crippen MR) is 84.2 cm³/mol. The molecule has 1 aromatic heterocycles. The number of aryl methyl sites for hydroxylation is 1. The Labute approximate surface area is 138 Å². The summed E-state index contributed by atoms with van der Waals surface area (Å²) >= 11 is 0. The molecule has 7 heteroatoms. The van der Waals surface area contributed by atoms with E-state index >= 15 is 0 Å². The fourth-order valence-electron chi connectivity index (χ4n) is 2.69. The molecule has 1 aromatic carbocycles. The molecular formula is C17H16FN3O3. The van der Waals surface area contributed by atoms with Crippen LogP contribution in [0.25, 0.3) is 11.4 Å². The van der Waals surface area contributed by atoms with E-state index in [4.69, 9.17) is 5.11 Å². The molecule has 1 atom stereocenters. The van der Waals surface area contributed by atoms with E-state index in [-0.39, 0.29) is 18.5 Å². The normalized spacial score (nSPS) is 20.2. The average molecular weight is 329 g/mol. The van der Waals surface area contributed by atoms with Gasteiger partial charge >= 0.3 is 5.97 Å². The Morgan fingerprint density at radius 1 is 1.29 bits per heavy atom. The molecule has 3 rings (SSSR count). The number of alkyl halides is 1. The van der Waals surface area contributed by atoms with E-state index in [9.17, 15) is 14.0 Å². The summed E-state index contributed by atoms with van der Waals surface area (Å²) in [6.45, 7) is 1.28.